The summed E-state index contributed by atoms with van der Waals surface area (Å²) in [4.78, 5) is 14.8. The Balaban J connectivity index is 1.75. The number of carbonyl (C=O) groups is 1. The molecule has 3 rings (SSSR count). The van der Waals surface area contributed by atoms with E-state index in [1.54, 1.807) is 17.0 Å². The summed E-state index contributed by atoms with van der Waals surface area (Å²) in [6.07, 6.45) is 6.25. The van der Waals surface area contributed by atoms with Gasteiger partial charge in [0.15, 0.2) is 5.78 Å². The first-order valence-electron chi connectivity index (χ1n) is 9.42. The molecule has 1 fully saturated rings. The van der Waals surface area contributed by atoms with Crippen molar-refractivity contribution in [2.24, 2.45) is 0 Å². The molecule has 2 aromatic carbocycles. The van der Waals surface area contributed by atoms with Crippen LogP contribution in [-0.4, -0.2) is 25.4 Å². The number of ketones is 1. The molecule has 0 spiro atoms. The fraction of sp³-hybridized carbons (Fsp3) is 0.409. The van der Waals surface area contributed by atoms with Gasteiger partial charge in [0.1, 0.15) is 0 Å². The molecule has 1 saturated heterocycles. The quantitative estimate of drug-likeness (QED) is 0.771. The average Bonchev–Trinajstić information content (AvgIpc) is 2.92. The molecule has 0 saturated carbocycles. The van der Waals surface area contributed by atoms with E-state index in [0.29, 0.717) is 5.02 Å². The van der Waals surface area contributed by atoms with Gasteiger partial charge in [-0.2, -0.15) is 0 Å². The lowest BCUT2D eigenvalue weighted by atomic mass is 9.88. The number of hydrogen-bond acceptors (Lipinski definition) is 1. The summed E-state index contributed by atoms with van der Waals surface area (Å²) < 4.78 is 0. The van der Waals surface area contributed by atoms with Gasteiger partial charge >= 0.3 is 0 Å². The summed E-state index contributed by atoms with van der Waals surface area (Å²) in [7, 11) is 0. The Bertz CT molecular complexity index is 660. The smallest absolute Gasteiger partial charge is 0.170 e. The van der Waals surface area contributed by atoms with Gasteiger partial charge in [-0.25, -0.2) is 0 Å². The number of hydrogen-bond donors (Lipinski definition) is 1. The number of halogens is 1. The number of Topliss-reactive ketones (excluding diaryl/α,β-unsaturated/α-hetero) is 1. The van der Waals surface area contributed by atoms with Crippen LogP contribution in [0.3, 0.4) is 0 Å². The highest BCUT2D eigenvalue weighted by molar-refractivity contribution is 6.30. The van der Waals surface area contributed by atoms with Crippen molar-refractivity contribution in [1.82, 2.24) is 0 Å². The third-order valence-corrected chi connectivity index (χ3v) is 5.50. The maximum Gasteiger partial charge on any atom is 0.170 e. The van der Waals surface area contributed by atoms with E-state index in [-0.39, 0.29) is 11.7 Å². The van der Waals surface area contributed by atoms with Gasteiger partial charge in [-0.15, -0.1) is 0 Å². The van der Waals surface area contributed by atoms with Crippen molar-refractivity contribution in [3.8, 4) is 0 Å². The van der Waals surface area contributed by atoms with Gasteiger partial charge in [0, 0.05) is 17.0 Å². The molecule has 3 heteroatoms. The molecular weight excluding hydrogens is 330 g/mol. The minimum absolute atomic E-state index is 0.0712. The molecule has 0 amide bonds. The molecule has 132 valence electrons. The Morgan fingerprint density at radius 2 is 1.56 bits per heavy atom. The molecule has 2 nitrogen and oxygen atoms in total. The lowest BCUT2D eigenvalue weighted by Gasteiger charge is -2.21. The summed E-state index contributed by atoms with van der Waals surface area (Å²) in [5.74, 6) is 0.134. The Labute approximate surface area is 155 Å². The van der Waals surface area contributed by atoms with Gasteiger partial charge in [-0.3, -0.25) is 4.79 Å². The minimum atomic E-state index is -0.0712. The number of nitrogens with one attached hydrogen (secondary N) is 1. The number of benzene rings is 2. The van der Waals surface area contributed by atoms with E-state index < -0.39 is 0 Å². The maximum atomic E-state index is 13.1. The lowest BCUT2D eigenvalue weighted by Crippen LogP contribution is -3.11. The fourth-order valence-corrected chi connectivity index (χ4v) is 3.90. The van der Waals surface area contributed by atoms with Crippen LogP contribution in [0.15, 0.2) is 54.6 Å². The number of rotatable bonds is 6. The van der Waals surface area contributed by atoms with Gasteiger partial charge in [-0.1, -0.05) is 41.9 Å². The number of likely N-dealkylation sites (tertiary alicyclic amines) is 1. The average molecular weight is 357 g/mol. The molecule has 0 bridgehead atoms. The molecule has 2 aromatic rings. The second-order valence-corrected chi connectivity index (χ2v) is 7.47. The van der Waals surface area contributed by atoms with Crippen molar-refractivity contribution >= 4 is 17.4 Å². The van der Waals surface area contributed by atoms with Gasteiger partial charge < -0.3 is 4.90 Å². The lowest BCUT2D eigenvalue weighted by molar-refractivity contribution is -0.899. The molecule has 25 heavy (non-hydrogen) atoms. The monoisotopic (exact) mass is 356 g/mol. The van der Waals surface area contributed by atoms with E-state index in [4.69, 9.17) is 11.6 Å². The van der Waals surface area contributed by atoms with Crippen molar-refractivity contribution in [3.05, 3.63) is 70.7 Å². The third-order valence-electron chi connectivity index (χ3n) is 5.24. The molecule has 1 N–H and O–H groups in total. The highest BCUT2D eigenvalue weighted by Gasteiger charge is 2.24. The van der Waals surface area contributed by atoms with Gasteiger partial charge in [-0.05, 0) is 55.5 Å². The van der Waals surface area contributed by atoms with Crippen LogP contribution in [0, 0.1) is 0 Å². The Kier molecular flexibility index (Phi) is 6.66. The maximum absolute atomic E-state index is 13.1. The van der Waals surface area contributed by atoms with Crippen LogP contribution in [0.1, 0.15) is 53.9 Å². The third kappa shape index (κ3) is 5.17. The van der Waals surface area contributed by atoms with Crippen LogP contribution < -0.4 is 4.90 Å². The molecule has 1 aliphatic heterocycles. The first-order chi connectivity index (χ1) is 12.2. The van der Waals surface area contributed by atoms with Crippen LogP contribution in [0.4, 0.5) is 0 Å². The second kappa shape index (κ2) is 9.17. The summed E-state index contributed by atoms with van der Waals surface area (Å²) in [5.41, 5.74) is 1.88. The largest absolute Gasteiger partial charge is 0.335 e. The van der Waals surface area contributed by atoms with Crippen molar-refractivity contribution < 1.29 is 9.69 Å². The normalized spacial score (nSPS) is 17.0. The summed E-state index contributed by atoms with van der Waals surface area (Å²) in [6.45, 7) is 3.56. The zero-order valence-corrected chi connectivity index (χ0v) is 15.5. The Hall–Kier alpha value is -1.64. The van der Waals surface area contributed by atoms with Crippen LogP contribution in [0.25, 0.3) is 0 Å². The van der Waals surface area contributed by atoms with E-state index in [2.05, 4.69) is 12.1 Å². The van der Waals surface area contributed by atoms with Crippen LogP contribution in [-0.2, 0) is 0 Å². The van der Waals surface area contributed by atoms with Crippen molar-refractivity contribution in [2.75, 3.05) is 19.6 Å². The summed E-state index contributed by atoms with van der Waals surface area (Å²) in [6, 6.07) is 17.5. The van der Waals surface area contributed by atoms with Crippen molar-refractivity contribution in [3.63, 3.8) is 0 Å². The van der Waals surface area contributed by atoms with Crippen molar-refractivity contribution in [1.29, 1.82) is 0 Å². The van der Waals surface area contributed by atoms with Crippen LogP contribution >= 0.6 is 11.6 Å². The number of quaternary nitrogens is 1. The first-order valence-corrected chi connectivity index (χ1v) is 9.80. The molecular formula is C22H27ClNO+. The summed E-state index contributed by atoms with van der Waals surface area (Å²) in [5, 5.41) is 0.668. The minimum Gasteiger partial charge on any atom is -0.335 e. The van der Waals surface area contributed by atoms with E-state index in [1.165, 1.54) is 38.8 Å². The standard InChI is InChI=1S/C22H26ClNO/c23-20-12-10-19(11-13-20)22(25)21(18-8-4-3-5-9-18)14-17-24-15-6-1-2-7-16-24/h3-5,8-13,21H,1-2,6-7,14-17H2/p+1/t21-/m0/s1. The first kappa shape index (κ1) is 18.2. The van der Waals surface area contributed by atoms with Crippen molar-refractivity contribution in [2.45, 2.75) is 38.0 Å². The van der Waals surface area contributed by atoms with E-state index in [1.807, 2.05) is 30.3 Å². The summed E-state index contributed by atoms with van der Waals surface area (Å²) >= 11 is 5.98. The molecule has 0 unspecified atom stereocenters. The van der Waals surface area contributed by atoms with E-state index >= 15 is 0 Å². The van der Waals surface area contributed by atoms with Gasteiger partial charge in [0.05, 0.1) is 25.6 Å². The predicted molar refractivity (Wildman–Crippen MR) is 104 cm³/mol. The molecule has 1 aliphatic rings. The second-order valence-electron chi connectivity index (χ2n) is 7.04. The zero-order chi connectivity index (χ0) is 17.5. The topological polar surface area (TPSA) is 21.5 Å². The SMILES string of the molecule is O=C(c1ccc(Cl)cc1)[C@@H](CC[NH+]1CCCCCC1)c1ccccc1. The van der Waals surface area contributed by atoms with E-state index in [9.17, 15) is 4.79 Å². The molecule has 1 atom stereocenters. The fourth-order valence-electron chi connectivity index (χ4n) is 3.78. The molecule has 0 aromatic heterocycles. The highest BCUT2D eigenvalue weighted by atomic mass is 35.5. The van der Waals surface area contributed by atoms with Crippen LogP contribution in [0.2, 0.25) is 5.02 Å². The Morgan fingerprint density at radius 3 is 2.20 bits per heavy atom. The molecule has 0 radical (unpaired) electrons. The Morgan fingerprint density at radius 1 is 0.920 bits per heavy atom. The van der Waals surface area contributed by atoms with Gasteiger partial charge in [0.25, 0.3) is 0 Å². The molecule has 0 aliphatic carbocycles. The highest BCUT2D eigenvalue weighted by Crippen LogP contribution is 2.24. The zero-order valence-electron chi connectivity index (χ0n) is 14.7. The van der Waals surface area contributed by atoms with Gasteiger partial charge in [0.2, 0.25) is 0 Å². The number of carbonyl (C=O) groups excluding carboxylic acids is 1. The van der Waals surface area contributed by atoms with E-state index in [0.717, 1.165) is 24.1 Å². The molecule has 1 heterocycles. The van der Waals surface area contributed by atoms with Crippen LogP contribution in [0.5, 0.6) is 0 Å². The predicted octanol–water partition coefficient (Wildman–Crippen LogP) is 4.16.